The molecule has 2 N–H and O–H groups in total. The third-order valence-corrected chi connectivity index (χ3v) is 6.49. The number of nitrogens with zero attached hydrogens (tertiary/aromatic N) is 3. The van der Waals surface area contributed by atoms with E-state index in [1.165, 1.54) is 18.0 Å². The molecule has 2 bridgehead atoms. The first-order valence-electron chi connectivity index (χ1n) is 10.8. The largest absolute Gasteiger partial charge is 0.478 e. The van der Waals surface area contributed by atoms with Crippen LogP contribution in [0.3, 0.4) is 0 Å². The van der Waals surface area contributed by atoms with Crippen LogP contribution < -0.4 is 5.32 Å². The number of carbonyl (C=O) groups excluding carboxylic acids is 3. The van der Waals surface area contributed by atoms with E-state index in [0.717, 1.165) is 27.7 Å². The molecule has 3 aromatic rings. The van der Waals surface area contributed by atoms with Crippen LogP contribution in [-0.4, -0.2) is 56.9 Å². The molecule has 0 aliphatic carbocycles. The number of imide groups is 1. The van der Waals surface area contributed by atoms with E-state index >= 15 is 0 Å². The van der Waals surface area contributed by atoms with Crippen molar-refractivity contribution in [2.75, 3.05) is 18.9 Å². The maximum atomic E-state index is 13.0. The maximum Gasteiger partial charge on any atom is 0.335 e. The molecule has 0 saturated carbocycles. The van der Waals surface area contributed by atoms with E-state index in [0.29, 0.717) is 25.3 Å². The number of fused-ring (bicyclic) bond motifs is 6. The van der Waals surface area contributed by atoms with Gasteiger partial charge in [0.2, 0.25) is 11.8 Å². The van der Waals surface area contributed by atoms with Crippen molar-refractivity contribution in [1.29, 1.82) is 0 Å². The molecule has 9 nitrogen and oxygen atoms in total. The summed E-state index contributed by atoms with van der Waals surface area (Å²) in [6.45, 7) is 4.57. The van der Waals surface area contributed by atoms with Crippen LogP contribution in [0.15, 0.2) is 55.1 Å². The summed E-state index contributed by atoms with van der Waals surface area (Å²) >= 11 is 0. The van der Waals surface area contributed by atoms with Crippen LogP contribution in [0, 0.1) is 0 Å². The van der Waals surface area contributed by atoms with Crippen molar-refractivity contribution < 1.29 is 24.3 Å². The van der Waals surface area contributed by atoms with Crippen molar-refractivity contribution in [2.45, 2.75) is 19.0 Å². The number of rotatable bonds is 5. The molecule has 1 fully saturated rings. The Kier molecular flexibility index (Phi) is 4.97. The van der Waals surface area contributed by atoms with Gasteiger partial charge < -0.3 is 19.9 Å². The molecule has 2 aliphatic heterocycles. The number of benzene rings is 2. The Labute approximate surface area is 194 Å². The highest BCUT2D eigenvalue weighted by Crippen LogP contribution is 2.41. The number of urea groups is 1. The number of carboxylic acids is 1. The van der Waals surface area contributed by atoms with E-state index in [2.05, 4.69) is 11.9 Å². The predicted octanol–water partition coefficient (Wildman–Crippen LogP) is 3.00. The summed E-state index contributed by atoms with van der Waals surface area (Å²) in [5.41, 5.74) is 4.20. The monoisotopic (exact) mass is 458 g/mol. The Morgan fingerprint density at radius 3 is 2.59 bits per heavy atom. The highest BCUT2D eigenvalue weighted by molar-refractivity contribution is 6.05. The van der Waals surface area contributed by atoms with Crippen LogP contribution >= 0.6 is 0 Å². The van der Waals surface area contributed by atoms with Gasteiger partial charge in [0, 0.05) is 36.9 Å². The fourth-order valence-electron chi connectivity index (χ4n) is 4.82. The summed E-state index contributed by atoms with van der Waals surface area (Å²) in [7, 11) is 1.50. The second-order valence-corrected chi connectivity index (χ2v) is 8.49. The minimum atomic E-state index is -1.00. The third-order valence-electron chi connectivity index (χ3n) is 6.49. The Hall–Kier alpha value is -4.40. The standard InChI is InChI=1S/C25H22N4O5/c1-3-21(30)26-16-8-9-17-19(10-16)29(11-14-4-6-15(7-5-14)24(32)33)20-13-28-12-18(22(17)20)23(31)27(2)25(28)34/h3-10,18H,1,11-13H2,2H3,(H,26,30)(H,32,33). The number of aromatic carboxylic acids is 1. The molecule has 34 heavy (non-hydrogen) atoms. The lowest BCUT2D eigenvalue weighted by Crippen LogP contribution is -2.56. The zero-order valence-electron chi connectivity index (χ0n) is 18.4. The topological polar surface area (TPSA) is 112 Å². The first kappa shape index (κ1) is 21.4. The number of nitrogens with one attached hydrogen (secondary N) is 1. The molecular weight excluding hydrogens is 436 g/mol. The van der Waals surface area contributed by atoms with Crippen molar-refractivity contribution in [2.24, 2.45) is 0 Å². The van der Waals surface area contributed by atoms with Gasteiger partial charge in [-0.25, -0.2) is 9.59 Å². The number of anilines is 1. The number of hydrogen-bond acceptors (Lipinski definition) is 4. The van der Waals surface area contributed by atoms with Crippen molar-refractivity contribution in [3.05, 3.63) is 77.5 Å². The van der Waals surface area contributed by atoms with Crippen LogP contribution in [0.2, 0.25) is 0 Å². The molecule has 4 amide bonds. The van der Waals surface area contributed by atoms with Gasteiger partial charge in [-0.15, -0.1) is 0 Å². The molecule has 5 rings (SSSR count). The van der Waals surface area contributed by atoms with Crippen LogP contribution in [0.5, 0.6) is 0 Å². The first-order chi connectivity index (χ1) is 16.3. The minimum absolute atomic E-state index is 0.192. The molecular formula is C25H22N4O5. The average molecular weight is 458 g/mol. The van der Waals surface area contributed by atoms with Gasteiger partial charge >= 0.3 is 12.0 Å². The van der Waals surface area contributed by atoms with Gasteiger partial charge in [0.15, 0.2) is 0 Å². The normalized spacial score (nSPS) is 17.0. The molecule has 172 valence electrons. The Morgan fingerprint density at radius 1 is 1.18 bits per heavy atom. The molecule has 9 heteroatoms. The number of aromatic nitrogens is 1. The molecule has 0 spiro atoms. The quantitative estimate of drug-likeness (QED) is 0.571. The molecule has 1 saturated heterocycles. The van der Waals surface area contributed by atoms with E-state index in [9.17, 15) is 24.3 Å². The summed E-state index contributed by atoms with van der Waals surface area (Å²) in [6.07, 6.45) is 1.19. The zero-order valence-corrected chi connectivity index (χ0v) is 18.4. The zero-order chi connectivity index (χ0) is 24.1. The molecule has 1 aromatic heterocycles. The summed E-state index contributed by atoms with van der Waals surface area (Å²) in [6, 6.07) is 11.8. The van der Waals surface area contributed by atoms with Crippen LogP contribution in [0.4, 0.5) is 10.5 Å². The fourth-order valence-corrected chi connectivity index (χ4v) is 4.82. The Bertz CT molecular complexity index is 1390. The second kappa shape index (κ2) is 7.87. The predicted molar refractivity (Wildman–Crippen MR) is 125 cm³/mol. The lowest BCUT2D eigenvalue weighted by Gasteiger charge is -2.41. The summed E-state index contributed by atoms with van der Waals surface area (Å²) < 4.78 is 2.04. The van der Waals surface area contributed by atoms with Crippen molar-refractivity contribution in [3.63, 3.8) is 0 Å². The van der Waals surface area contributed by atoms with Gasteiger partial charge in [-0.3, -0.25) is 14.5 Å². The second-order valence-electron chi connectivity index (χ2n) is 8.49. The fraction of sp³-hybridized carbons (Fsp3) is 0.200. The molecule has 2 aromatic carbocycles. The number of hydrogen-bond donors (Lipinski definition) is 2. The van der Waals surface area contributed by atoms with Crippen LogP contribution in [0.1, 0.15) is 33.1 Å². The number of carbonyl (C=O) groups is 4. The average Bonchev–Trinajstić information content (AvgIpc) is 3.14. The first-order valence-corrected chi connectivity index (χ1v) is 10.8. The lowest BCUT2D eigenvalue weighted by atomic mass is 9.89. The van der Waals surface area contributed by atoms with E-state index in [4.69, 9.17) is 0 Å². The molecule has 2 aliphatic rings. The highest BCUT2D eigenvalue weighted by atomic mass is 16.4. The van der Waals surface area contributed by atoms with Crippen molar-refractivity contribution in [3.8, 4) is 0 Å². The van der Waals surface area contributed by atoms with Gasteiger partial charge in [0.25, 0.3) is 0 Å². The van der Waals surface area contributed by atoms with E-state index in [1.807, 2.05) is 16.7 Å². The summed E-state index contributed by atoms with van der Waals surface area (Å²) in [4.78, 5) is 51.6. The van der Waals surface area contributed by atoms with Crippen molar-refractivity contribution in [1.82, 2.24) is 14.4 Å². The SMILES string of the molecule is C=CC(=O)Nc1ccc2c3c(n(Cc4ccc(C(=O)O)cc4)c2c1)CN1CC3C(=O)N(C)C1=O. The van der Waals surface area contributed by atoms with Gasteiger partial charge in [-0.1, -0.05) is 24.8 Å². The number of amides is 4. The Morgan fingerprint density at radius 2 is 1.91 bits per heavy atom. The number of likely N-dealkylation sites (N-methyl/N-ethyl adjacent to an activating group) is 1. The Balaban J connectivity index is 1.67. The molecule has 1 atom stereocenters. The molecule has 1 unspecified atom stereocenters. The third kappa shape index (κ3) is 3.33. The van der Waals surface area contributed by atoms with Gasteiger partial charge in [-0.05, 0) is 41.5 Å². The van der Waals surface area contributed by atoms with Gasteiger partial charge in [0.05, 0.1) is 23.5 Å². The van der Waals surface area contributed by atoms with Gasteiger partial charge in [0.1, 0.15) is 0 Å². The molecule has 0 radical (unpaired) electrons. The number of carboxylic acid groups (broad SMARTS) is 1. The highest BCUT2D eigenvalue weighted by Gasteiger charge is 2.44. The van der Waals surface area contributed by atoms with Crippen molar-refractivity contribution >= 4 is 40.4 Å². The van der Waals surface area contributed by atoms with Crippen LogP contribution in [0.25, 0.3) is 10.9 Å². The van der Waals surface area contributed by atoms with E-state index < -0.39 is 11.9 Å². The minimum Gasteiger partial charge on any atom is -0.478 e. The maximum absolute atomic E-state index is 13.0. The smallest absolute Gasteiger partial charge is 0.335 e. The van der Waals surface area contributed by atoms with Crippen LogP contribution in [-0.2, 0) is 22.7 Å². The summed E-state index contributed by atoms with van der Waals surface area (Å²) in [5.74, 6) is -2.05. The van der Waals surface area contributed by atoms with E-state index in [-0.39, 0.29) is 23.4 Å². The molecule has 3 heterocycles. The van der Waals surface area contributed by atoms with E-state index in [1.54, 1.807) is 35.2 Å². The summed E-state index contributed by atoms with van der Waals surface area (Å²) in [5, 5.41) is 12.9. The lowest BCUT2D eigenvalue weighted by molar-refractivity contribution is -0.132. The van der Waals surface area contributed by atoms with Gasteiger partial charge in [-0.2, -0.15) is 0 Å².